The number of aryl methyl sites for hydroxylation is 3. The molecule has 122 valence electrons. The van der Waals surface area contributed by atoms with Crippen LogP contribution in [0, 0.1) is 12.8 Å². The Kier molecular flexibility index (Phi) is 4.79. The van der Waals surface area contributed by atoms with Gasteiger partial charge in [0, 0.05) is 23.7 Å². The molecule has 0 aliphatic heterocycles. The summed E-state index contributed by atoms with van der Waals surface area (Å²) < 4.78 is 0. The molecule has 1 unspecified atom stereocenters. The predicted molar refractivity (Wildman–Crippen MR) is 92.5 cm³/mol. The van der Waals surface area contributed by atoms with Crippen molar-refractivity contribution in [2.45, 2.75) is 52.4 Å². The molecule has 0 radical (unpaired) electrons. The van der Waals surface area contributed by atoms with E-state index in [1.165, 1.54) is 18.4 Å². The highest BCUT2D eigenvalue weighted by molar-refractivity contribution is 5.92. The number of unbranched alkanes of at least 4 members (excludes halogenated alkanes) is 1. The minimum atomic E-state index is 0.0297. The number of H-pyrrole nitrogens is 1. The Balaban J connectivity index is 1.59. The van der Waals surface area contributed by atoms with Crippen LogP contribution in [0.1, 0.15) is 49.0 Å². The molecule has 1 amide bonds. The van der Waals surface area contributed by atoms with Gasteiger partial charge in [-0.2, -0.15) is 0 Å². The number of aromatic amines is 1. The van der Waals surface area contributed by atoms with E-state index in [1.807, 2.05) is 19.1 Å². The lowest BCUT2D eigenvalue weighted by Gasteiger charge is -2.20. The zero-order valence-corrected chi connectivity index (χ0v) is 14.0. The van der Waals surface area contributed by atoms with E-state index in [9.17, 15) is 4.79 Å². The van der Waals surface area contributed by atoms with Gasteiger partial charge in [0.25, 0.3) is 0 Å². The lowest BCUT2D eigenvalue weighted by Crippen LogP contribution is -2.28. The molecule has 1 heterocycles. The number of hydrogen-bond donors (Lipinski definition) is 2. The first-order chi connectivity index (χ1) is 11.2. The maximum atomic E-state index is 12.5. The lowest BCUT2D eigenvalue weighted by molar-refractivity contribution is -0.120. The van der Waals surface area contributed by atoms with Crippen molar-refractivity contribution in [1.82, 2.24) is 9.97 Å². The maximum Gasteiger partial charge on any atom is 0.227 e. The molecule has 3 rings (SSSR count). The number of carbonyl (C=O) groups excluding carboxylic acids is 1. The second-order valence-electron chi connectivity index (χ2n) is 6.48. The monoisotopic (exact) mass is 311 g/mol. The van der Waals surface area contributed by atoms with Crippen LogP contribution in [0.25, 0.3) is 0 Å². The first-order valence-electron chi connectivity index (χ1n) is 8.60. The summed E-state index contributed by atoms with van der Waals surface area (Å²) >= 11 is 0. The molecule has 0 saturated heterocycles. The Labute approximate surface area is 137 Å². The van der Waals surface area contributed by atoms with Crippen molar-refractivity contribution in [3.8, 4) is 0 Å². The molecule has 4 heteroatoms. The van der Waals surface area contributed by atoms with Gasteiger partial charge in [-0.25, -0.2) is 4.98 Å². The number of hydrogen-bond acceptors (Lipinski definition) is 2. The van der Waals surface area contributed by atoms with Gasteiger partial charge in [0.15, 0.2) is 0 Å². The smallest absolute Gasteiger partial charge is 0.227 e. The van der Waals surface area contributed by atoms with E-state index in [2.05, 4.69) is 34.3 Å². The highest BCUT2D eigenvalue weighted by Crippen LogP contribution is 2.25. The number of benzene rings is 1. The van der Waals surface area contributed by atoms with Crippen LogP contribution in [0.5, 0.6) is 0 Å². The zero-order chi connectivity index (χ0) is 16.2. The largest absolute Gasteiger partial charge is 0.346 e. The van der Waals surface area contributed by atoms with Gasteiger partial charge in [-0.3, -0.25) is 4.79 Å². The Hall–Kier alpha value is -2.10. The van der Waals surface area contributed by atoms with Crippen LogP contribution in [-0.4, -0.2) is 15.9 Å². The van der Waals surface area contributed by atoms with E-state index in [0.29, 0.717) is 0 Å². The first kappa shape index (κ1) is 15.8. The van der Waals surface area contributed by atoms with Crippen molar-refractivity contribution in [3.63, 3.8) is 0 Å². The Bertz CT molecular complexity index is 672. The van der Waals surface area contributed by atoms with Crippen molar-refractivity contribution in [1.29, 1.82) is 0 Å². The standard InChI is InChI=1S/C19H25N3O/c1-3-4-5-14-6-9-16(10-7-14)22-19(23)15-8-11-17-18(12-15)21-13(2)20-17/h6-7,9-10,15H,3-5,8,11-12H2,1-2H3,(H,20,21)(H,22,23). The summed E-state index contributed by atoms with van der Waals surface area (Å²) in [5.74, 6) is 1.09. The van der Waals surface area contributed by atoms with Gasteiger partial charge in [0.2, 0.25) is 5.91 Å². The van der Waals surface area contributed by atoms with Crippen LogP contribution >= 0.6 is 0 Å². The molecule has 23 heavy (non-hydrogen) atoms. The number of carbonyl (C=O) groups is 1. The fraction of sp³-hybridized carbons (Fsp3) is 0.474. The number of aromatic nitrogens is 2. The number of imidazole rings is 1. The zero-order valence-electron chi connectivity index (χ0n) is 14.0. The number of anilines is 1. The number of fused-ring (bicyclic) bond motifs is 1. The second-order valence-corrected chi connectivity index (χ2v) is 6.48. The second kappa shape index (κ2) is 6.99. The van der Waals surface area contributed by atoms with Crippen molar-refractivity contribution < 1.29 is 4.79 Å². The van der Waals surface area contributed by atoms with Crippen LogP contribution in [-0.2, 0) is 24.1 Å². The summed E-state index contributed by atoms with van der Waals surface area (Å²) in [6.07, 6.45) is 6.03. The molecule has 0 spiro atoms. The van der Waals surface area contributed by atoms with Crippen LogP contribution in [0.3, 0.4) is 0 Å². The minimum absolute atomic E-state index is 0.0297. The third kappa shape index (κ3) is 3.81. The van der Waals surface area contributed by atoms with E-state index >= 15 is 0 Å². The summed E-state index contributed by atoms with van der Waals surface area (Å²) in [6, 6.07) is 8.25. The average molecular weight is 311 g/mol. The van der Waals surface area contributed by atoms with E-state index in [4.69, 9.17) is 0 Å². The Morgan fingerprint density at radius 2 is 2.13 bits per heavy atom. The molecule has 0 fully saturated rings. The molecule has 2 N–H and O–H groups in total. The third-order valence-electron chi connectivity index (χ3n) is 4.57. The highest BCUT2D eigenvalue weighted by Gasteiger charge is 2.26. The van der Waals surface area contributed by atoms with Gasteiger partial charge in [-0.1, -0.05) is 25.5 Å². The summed E-state index contributed by atoms with van der Waals surface area (Å²) in [5, 5.41) is 3.06. The maximum absolute atomic E-state index is 12.5. The molecule has 1 atom stereocenters. The van der Waals surface area contributed by atoms with E-state index in [-0.39, 0.29) is 11.8 Å². The van der Waals surface area contributed by atoms with Crippen LogP contribution in [0.15, 0.2) is 24.3 Å². The number of amides is 1. The fourth-order valence-electron chi connectivity index (χ4n) is 3.23. The number of rotatable bonds is 5. The highest BCUT2D eigenvalue weighted by atomic mass is 16.1. The SMILES string of the molecule is CCCCc1ccc(NC(=O)C2CCc3nc(C)[nH]c3C2)cc1. The van der Waals surface area contributed by atoms with Gasteiger partial charge in [-0.05, 0) is 50.3 Å². The van der Waals surface area contributed by atoms with Crippen LogP contribution in [0.4, 0.5) is 5.69 Å². The van der Waals surface area contributed by atoms with Gasteiger partial charge < -0.3 is 10.3 Å². The predicted octanol–water partition coefficient (Wildman–Crippen LogP) is 3.80. The number of nitrogens with zero attached hydrogens (tertiary/aromatic N) is 1. The molecule has 1 aliphatic rings. The molecule has 1 aromatic carbocycles. The molecule has 0 bridgehead atoms. The normalized spacial score (nSPS) is 16.9. The quantitative estimate of drug-likeness (QED) is 0.882. The molecule has 0 saturated carbocycles. The molecular formula is C19H25N3O. The summed E-state index contributed by atoms with van der Waals surface area (Å²) in [5.41, 5.74) is 4.48. The summed E-state index contributed by atoms with van der Waals surface area (Å²) in [7, 11) is 0. The van der Waals surface area contributed by atoms with Crippen molar-refractivity contribution >= 4 is 11.6 Å². The van der Waals surface area contributed by atoms with E-state index in [1.54, 1.807) is 0 Å². The van der Waals surface area contributed by atoms with Crippen molar-refractivity contribution in [2.24, 2.45) is 5.92 Å². The van der Waals surface area contributed by atoms with Crippen LogP contribution in [0.2, 0.25) is 0 Å². The Morgan fingerprint density at radius 3 is 2.87 bits per heavy atom. The van der Waals surface area contributed by atoms with Gasteiger partial charge >= 0.3 is 0 Å². The topological polar surface area (TPSA) is 57.8 Å². The Morgan fingerprint density at radius 1 is 1.35 bits per heavy atom. The fourth-order valence-corrected chi connectivity index (χ4v) is 3.23. The number of nitrogens with one attached hydrogen (secondary N) is 2. The molecule has 2 aromatic rings. The molecule has 4 nitrogen and oxygen atoms in total. The summed E-state index contributed by atoms with van der Waals surface area (Å²) in [4.78, 5) is 20.3. The molecule has 1 aliphatic carbocycles. The van der Waals surface area contributed by atoms with Crippen LogP contribution < -0.4 is 5.32 Å². The minimum Gasteiger partial charge on any atom is -0.346 e. The molecular weight excluding hydrogens is 286 g/mol. The third-order valence-corrected chi connectivity index (χ3v) is 4.57. The van der Waals surface area contributed by atoms with Gasteiger partial charge in [0.1, 0.15) is 5.82 Å². The molecule has 1 aromatic heterocycles. The van der Waals surface area contributed by atoms with Crippen molar-refractivity contribution in [3.05, 3.63) is 47.0 Å². The van der Waals surface area contributed by atoms with E-state index in [0.717, 1.165) is 48.6 Å². The first-order valence-corrected chi connectivity index (χ1v) is 8.60. The summed E-state index contributed by atoms with van der Waals surface area (Å²) in [6.45, 7) is 4.17. The lowest BCUT2D eigenvalue weighted by atomic mass is 9.89. The van der Waals surface area contributed by atoms with Gasteiger partial charge in [0.05, 0.1) is 5.69 Å². The average Bonchev–Trinajstić information content (AvgIpc) is 2.93. The van der Waals surface area contributed by atoms with Gasteiger partial charge in [-0.15, -0.1) is 0 Å². The van der Waals surface area contributed by atoms with Crippen molar-refractivity contribution in [2.75, 3.05) is 5.32 Å². The van der Waals surface area contributed by atoms with E-state index < -0.39 is 0 Å².